The van der Waals surface area contributed by atoms with Crippen molar-refractivity contribution < 1.29 is 18.9 Å². The first-order valence-electron chi connectivity index (χ1n) is 9.21. The topological polar surface area (TPSA) is 36.9 Å². The van der Waals surface area contributed by atoms with Crippen LogP contribution < -0.4 is 0 Å². The Morgan fingerprint density at radius 2 is 1.23 bits per heavy atom. The van der Waals surface area contributed by atoms with Gasteiger partial charge in [-0.25, -0.2) is 0 Å². The molecule has 4 fully saturated rings. The summed E-state index contributed by atoms with van der Waals surface area (Å²) >= 11 is 0. The summed E-state index contributed by atoms with van der Waals surface area (Å²) in [5, 5.41) is 0. The highest BCUT2D eigenvalue weighted by Gasteiger charge is 2.46. The average molecular weight is 310 g/mol. The molecule has 0 atom stereocenters. The molecule has 0 bridgehead atoms. The van der Waals surface area contributed by atoms with Gasteiger partial charge in [-0.1, -0.05) is 0 Å². The van der Waals surface area contributed by atoms with Crippen molar-refractivity contribution in [3.8, 4) is 0 Å². The fourth-order valence-electron chi connectivity index (χ4n) is 3.73. The summed E-state index contributed by atoms with van der Waals surface area (Å²) in [4.78, 5) is 0. The number of rotatable bonds is 8. The lowest BCUT2D eigenvalue weighted by atomic mass is 9.73. The summed E-state index contributed by atoms with van der Waals surface area (Å²) in [6.07, 6.45) is 9.61. The molecule has 22 heavy (non-hydrogen) atoms. The zero-order valence-electron chi connectivity index (χ0n) is 13.7. The quantitative estimate of drug-likeness (QED) is 0.690. The van der Waals surface area contributed by atoms with Crippen LogP contribution in [0.1, 0.15) is 51.4 Å². The van der Waals surface area contributed by atoms with Gasteiger partial charge in [0.05, 0.1) is 26.4 Å². The first-order chi connectivity index (χ1) is 10.8. The van der Waals surface area contributed by atoms with Crippen LogP contribution in [0, 0.1) is 17.3 Å². The first kappa shape index (κ1) is 15.4. The molecule has 1 saturated heterocycles. The number of hydrogen-bond donors (Lipinski definition) is 0. The predicted molar refractivity (Wildman–Crippen MR) is 82.6 cm³/mol. The normalized spacial score (nSPS) is 30.0. The molecule has 0 N–H and O–H groups in total. The molecule has 0 amide bonds. The van der Waals surface area contributed by atoms with Gasteiger partial charge in [0.25, 0.3) is 0 Å². The molecule has 0 radical (unpaired) electrons. The Kier molecular flexibility index (Phi) is 4.46. The summed E-state index contributed by atoms with van der Waals surface area (Å²) in [5.41, 5.74) is 0.185. The molecule has 4 nitrogen and oxygen atoms in total. The van der Waals surface area contributed by atoms with Crippen LogP contribution in [-0.4, -0.2) is 45.4 Å². The van der Waals surface area contributed by atoms with Gasteiger partial charge in [-0.15, -0.1) is 0 Å². The molecule has 0 aromatic carbocycles. The van der Waals surface area contributed by atoms with Crippen LogP contribution >= 0.6 is 0 Å². The fourth-order valence-corrected chi connectivity index (χ4v) is 3.73. The zero-order chi connectivity index (χ0) is 14.9. The standard InChI is InChI=1S/C18H30O4/c1-2-15(1)11-19-13-17(14-20-12-16-3-4-16)5-7-18(8-6-17)21-9-10-22-18/h15-16H,1-14H2. The van der Waals surface area contributed by atoms with Gasteiger partial charge in [0.1, 0.15) is 0 Å². The van der Waals surface area contributed by atoms with E-state index >= 15 is 0 Å². The van der Waals surface area contributed by atoms with Gasteiger partial charge in [-0.2, -0.15) is 0 Å². The number of ether oxygens (including phenoxy) is 4. The Bertz CT molecular complexity index is 339. The number of hydrogen-bond acceptors (Lipinski definition) is 4. The SMILES string of the molecule is C1COC2(CCC(COCC3CC3)(COCC3CC3)CC2)O1. The van der Waals surface area contributed by atoms with E-state index in [2.05, 4.69) is 0 Å². The van der Waals surface area contributed by atoms with E-state index in [4.69, 9.17) is 18.9 Å². The van der Waals surface area contributed by atoms with E-state index in [1.807, 2.05) is 0 Å². The molecule has 0 aromatic rings. The van der Waals surface area contributed by atoms with E-state index < -0.39 is 0 Å². The molecule has 1 spiro atoms. The minimum absolute atomic E-state index is 0.185. The van der Waals surface area contributed by atoms with Crippen LogP contribution in [0.15, 0.2) is 0 Å². The lowest BCUT2D eigenvalue weighted by Gasteiger charge is -2.43. The molecule has 4 heteroatoms. The highest BCUT2D eigenvalue weighted by molar-refractivity contribution is 4.92. The molecular weight excluding hydrogens is 280 g/mol. The van der Waals surface area contributed by atoms with Crippen molar-refractivity contribution in [3.63, 3.8) is 0 Å². The smallest absolute Gasteiger partial charge is 0.168 e. The van der Waals surface area contributed by atoms with E-state index in [0.29, 0.717) is 0 Å². The average Bonchev–Trinajstić information content (AvgIpc) is 3.45. The molecule has 126 valence electrons. The lowest BCUT2D eigenvalue weighted by Crippen LogP contribution is -2.44. The Hall–Kier alpha value is -0.160. The van der Waals surface area contributed by atoms with Crippen LogP contribution in [-0.2, 0) is 18.9 Å². The summed E-state index contributed by atoms with van der Waals surface area (Å²) in [6, 6.07) is 0. The summed E-state index contributed by atoms with van der Waals surface area (Å²) < 4.78 is 23.9. The van der Waals surface area contributed by atoms with Gasteiger partial charge >= 0.3 is 0 Å². The van der Waals surface area contributed by atoms with Gasteiger partial charge in [0.15, 0.2) is 5.79 Å². The van der Waals surface area contributed by atoms with E-state index in [1.165, 1.54) is 25.7 Å². The molecule has 1 heterocycles. The highest BCUT2D eigenvalue weighted by Crippen LogP contribution is 2.45. The van der Waals surface area contributed by atoms with Gasteiger partial charge in [-0.05, 0) is 50.4 Å². The molecule has 3 aliphatic carbocycles. The van der Waals surface area contributed by atoms with Crippen molar-refractivity contribution in [2.75, 3.05) is 39.6 Å². The van der Waals surface area contributed by atoms with Crippen molar-refractivity contribution in [1.82, 2.24) is 0 Å². The maximum absolute atomic E-state index is 6.06. The highest BCUT2D eigenvalue weighted by atomic mass is 16.7. The summed E-state index contributed by atoms with van der Waals surface area (Å²) in [7, 11) is 0. The van der Waals surface area contributed by atoms with Crippen LogP contribution in [0.25, 0.3) is 0 Å². The van der Waals surface area contributed by atoms with Crippen LogP contribution in [0.2, 0.25) is 0 Å². The Balaban J connectivity index is 1.29. The monoisotopic (exact) mass is 310 g/mol. The minimum Gasteiger partial charge on any atom is -0.380 e. The molecule has 4 rings (SSSR count). The fraction of sp³-hybridized carbons (Fsp3) is 1.00. The van der Waals surface area contributed by atoms with Crippen LogP contribution in [0.4, 0.5) is 0 Å². The zero-order valence-corrected chi connectivity index (χ0v) is 13.7. The molecule has 0 unspecified atom stereocenters. The van der Waals surface area contributed by atoms with Crippen molar-refractivity contribution >= 4 is 0 Å². The van der Waals surface area contributed by atoms with Crippen molar-refractivity contribution in [3.05, 3.63) is 0 Å². The summed E-state index contributed by atoms with van der Waals surface area (Å²) in [6.45, 7) is 5.10. The second kappa shape index (κ2) is 6.39. The van der Waals surface area contributed by atoms with Crippen LogP contribution in [0.5, 0.6) is 0 Å². The second-order valence-electron chi connectivity index (χ2n) is 8.02. The van der Waals surface area contributed by atoms with Crippen molar-refractivity contribution in [2.45, 2.75) is 57.2 Å². The Labute approximate surface area is 133 Å². The predicted octanol–water partition coefficient (Wildman–Crippen LogP) is 3.14. The Morgan fingerprint density at radius 3 is 1.68 bits per heavy atom. The molecule has 4 aliphatic rings. The van der Waals surface area contributed by atoms with Crippen molar-refractivity contribution in [2.24, 2.45) is 17.3 Å². The largest absolute Gasteiger partial charge is 0.380 e. The van der Waals surface area contributed by atoms with Gasteiger partial charge in [0, 0.05) is 31.5 Å². The maximum Gasteiger partial charge on any atom is 0.168 e. The minimum atomic E-state index is -0.281. The second-order valence-corrected chi connectivity index (χ2v) is 8.02. The van der Waals surface area contributed by atoms with E-state index in [-0.39, 0.29) is 11.2 Å². The third-order valence-electron chi connectivity index (χ3n) is 5.80. The van der Waals surface area contributed by atoms with Crippen molar-refractivity contribution in [1.29, 1.82) is 0 Å². The van der Waals surface area contributed by atoms with E-state index in [9.17, 15) is 0 Å². The van der Waals surface area contributed by atoms with E-state index in [0.717, 1.165) is 77.2 Å². The first-order valence-corrected chi connectivity index (χ1v) is 9.21. The summed E-state index contributed by atoms with van der Waals surface area (Å²) in [5.74, 6) is 1.39. The van der Waals surface area contributed by atoms with E-state index in [1.54, 1.807) is 0 Å². The molecule has 3 saturated carbocycles. The lowest BCUT2D eigenvalue weighted by molar-refractivity contribution is -0.202. The van der Waals surface area contributed by atoms with Crippen LogP contribution in [0.3, 0.4) is 0 Å². The molecular formula is C18H30O4. The molecule has 0 aromatic heterocycles. The Morgan fingerprint density at radius 1 is 0.727 bits per heavy atom. The third kappa shape index (κ3) is 3.84. The molecule has 1 aliphatic heterocycles. The van der Waals surface area contributed by atoms with Gasteiger partial charge in [0.2, 0.25) is 0 Å². The van der Waals surface area contributed by atoms with Gasteiger partial charge in [-0.3, -0.25) is 0 Å². The maximum atomic E-state index is 6.06. The van der Waals surface area contributed by atoms with Gasteiger partial charge < -0.3 is 18.9 Å². The third-order valence-corrected chi connectivity index (χ3v) is 5.80.